The zero-order valence-corrected chi connectivity index (χ0v) is 11.8. The van der Waals surface area contributed by atoms with Gasteiger partial charge in [-0.15, -0.1) is 0 Å². The van der Waals surface area contributed by atoms with Crippen LogP contribution in [-0.4, -0.2) is 20.8 Å². The summed E-state index contributed by atoms with van der Waals surface area (Å²) in [5.74, 6) is 1.54. The Morgan fingerprint density at radius 3 is 2.84 bits per heavy atom. The molecule has 5 nitrogen and oxygen atoms in total. The van der Waals surface area contributed by atoms with Crippen molar-refractivity contribution in [2.24, 2.45) is 7.05 Å². The van der Waals surface area contributed by atoms with Gasteiger partial charge in [0.1, 0.15) is 5.75 Å². The topological polar surface area (TPSA) is 52.0 Å². The molecular formula is C14H20N4O. The first-order valence-corrected chi connectivity index (χ1v) is 6.41. The standard InChI is InChI=1S/C14H20N4O/c1-10(2)16-9-12-8-15-6-5-13(12)19-14-7-11(3)17-18(14)4/h5-8,10,16H,9H2,1-4H3. The highest BCUT2D eigenvalue weighted by Gasteiger charge is 2.09. The van der Waals surface area contributed by atoms with Gasteiger partial charge in [0.25, 0.3) is 0 Å². The second kappa shape index (κ2) is 5.84. The molecule has 0 saturated carbocycles. The van der Waals surface area contributed by atoms with Crippen LogP contribution in [0.2, 0.25) is 0 Å². The number of rotatable bonds is 5. The van der Waals surface area contributed by atoms with Gasteiger partial charge in [0, 0.05) is 43.7 Å². The molecule has 0 aromatic carbocycles. The first kappa shape index (κ1) is 13.5. The van der Waals surface area contributed by atoms with Gasteiger partial charge < -0.3 is 10.1 Å². The van der Waals surface area contributed by atoms with Gasteiger partial charge in [-0.3, -0.25) is 4.98 Å². The third kappa shape index (κ3) is 3.54. The Kier molecular flexibility index (Phi) is 4.16. The molecular weight excluding hydrogens is 240 g/mol. The van der Waals surface area contributed by atoms with Crippen molar-refractivity contribution in [3.8, 4) is 11.6 Å². The number of nitrogens with zero attached hydrogens (tertiary/aromatic N) is 3. The lowest BCUT2D eigenvalue weighted by molar-refractivity contribution is 0.422. The van der Waals surface area contributed by atoms with Crippen molar-refractivity contribution in [2.45, 2.75) is 33.4 Å². The molecule has 102 valence electrons. The average molecular weight is 260 g/mol. The molecule has 1 N–H and O–H groups in total. The maximum Gasteiger partial charge on any atom is 0.217 e. The number of nitrogens with one attached hydrogen (secondary N) is 1. The van der Waals surface area contributed by atoms with Crippen molar-refractivity contribution in [1.29, 1.82) is 0 Å². The Labute approximate surface area is 113 Å². The van der Waals surface area contributed by atoms with E-state index >= 15 is 0 Å². The Hall–Kier alpha value is -1.88. The van der Waals surface area contributed by atoms with E-state index in [-0.39, 0.29) is 0 Å². The molecule has 2 heterocycles. The Bertz CT molecular complexity index is 548. The van der Waals surface area contributed by atoms with Crippen molar-refractivity contribution >= 4 is 0 Å². The molecule has 0 bridgehead atoms. The molecule has 0 aliphatic carbocycles. The summed E-state index contributed by atoms with van der Waals surface area (Å²) in [5, 5.41) is 7.64. The highest BCUT2D eigenvalue weighted by atomic mass is 16.5. The van der Waals surface area contributed by atoms with Crippen LogP contribution >= 0.6 is 0 Å². The zero-order chi connectivity index (χ0) is 13.8. The van der Waals surface area contributed by atoms with Crippen LogP contribution in [0.3, 0.4) is 0 Å². The van der Waals surface area contributed by atoms with Crippen LogP contribution in [0.25, 0.3) is 0 Å². The van der Waals surface area contributed by atoms with Crippen molar-refractivity contribution in [3.63, 3.8) is 0 Å². The minimum absolute atomic E-state index is 0.423. The predicted molar refractivity (Wildman–Crippen MR) is 74.2 cm³/mol. The lowest BCUT2D eigenvalue weighted by Gasteiger charge is -2.12. The quantitative estimate of drug-likeness (QED) is 0.897. The van der Waals surface area contributed by atoms with E-state index in [1.54, 1.807) is 10.9 Å². The minimum Gasteiger partial charge on any atom is -0.439 e. The van der Waals surface area contributed by atoms with E-state index in [0.717, 1.165) is 29.4 Å². The molecule has 2 rings (SSSR count). The third-order valence-corrected chi connectivity index (χ3v) is 2.73. The normalized spacial score (nSPS) is 11.0. The molecule has 0 aliphatic rings. The summed E-state index contributed by atoms with van der Waals surface area (Å²) in [6, 6.07) is 4.21. The van der Waals surface area contributed by atoms with E-state index in [0.29, 0.717) is 6.04 Å². The van der Waals surface area contributed by atoms with Gasteiger partial charge >= 0.3 is 0 Å². The fourth-order valence-corrected chi connectivity index (χ4v) is 1.76. The van der Waals surface area contributed by atoms with Gasteiger partial charge in [0.2, 0.25) is 5.88 Å². The van der Waals surface area contributed by atoms with Crippen LogP contribution in [0.1, 0.15) is 25.1 Å². The first-order valence-electron chi connectivity index (χ1n) is 6.41. The average Bonchev–Trinajstić information content (AvgIpc) is 2.67. The molecule has 0 aliphatic heterocycles. The molecule has 0 unspecified atom stereocenters. The molecule has 0 fully saturated rings. The molecule has 0 spiro atoms. The molecule has 0 amide bonds. The van der Waals surface area contributed by atoms with Gasteiger partial charge in [-0.2, -0.15) is 5.10 Å². The van der Waals surface area contributed by atoms with E-state index in [2.05, 4.69) is 29.2 Å². The zero-order valence-electron chi connectivity index (χ0n) is 11.8. The smallest absolute Gasteiger partial charge is 0.217 e. The fourth-order valence-electron chi connectivity index (χ4n) is 1.76. The fraction of sp³-hybridized carbons (Fsp3) is 0.429. The third-order valence-electron chi connectivity index (χ3n) is 2.73. The summed E-state index contributed by atoms with van der Waals surface area (Å²) in [7, 11) is 1.87. The summed E-state index contributed by atoms with van der Waals surface area (Å²) in [5.41, 5.74) is 1.98. The monoisotopic (exact) mass is 260 g/mol. The molecule has 5 heteroatoms. The number of aromatic nitrogens is 3. The number of pyridine rings is 1. The summed E-state index contributed by atoms with van der Waals surface area (Å²) >= 11 is 0. The molecule has 0 atom stereocenters. The first-order chi connectivity index (χ1) is 9.06. The maximum atomic E-state index is 5.91. The Balaban J connectivity index is 2.17. The number of aryl methyl sites for hydroxylation is 2. The minimum atomic E-state index is 0.423. The molecule has 19 heavy (non-hydrogen) atoms. The molecule has 0 radical (unpaired) electrons. The van der Waals surface area contributed by atoms with Crippen molar-refractivity contribution < 1.29 is 4.74 Å². The lowest BCUT2D eigenvalue weighted by atomic mass is 10.2. The lowest BCUT2D eigenvalue weighted by Crippen LogP contribution is -2.22. The SMILES string of the molecule is Cc1cc(Oc2ccncc2CNC(C)C)n(C)n1. The summed E-state index contributed by atoms with van der Waals surface area (Å²) < 4.78 is 7.65. The molecule has 2 aromatic rings. The number of hydrogen-bond donors (Lipinski definition) is 1. The Morgan fingerprint density at radius 1 is 1.42 bits per heavy atom. The predicted octanol–water partition coefficient (Wildman–Crippen LogP) is 2.41. The van der Waals surface area contributed by atoms with Gasteiger partial charge in [-0.1, -0.05) is 13.8 Å². The number of ether oxygens (including phenoxy) is 1. The van der Waals surface area contributed by atoms with E-state index in [4.69, 9.17) is 4.74 Å². The summed E-state index contributed by atoms with van der Waals surface area (Å²) in [4.78, 5) is 4.15. The van der Waals surface area contributed by atoms with Crippen LogP contribution in [-0.2, 0) is 13.6 Å². The van der Waals surface area contributed by atoms with E-state index < -0.39 is 0 Å². The van der Waals surface area contributed by atoms with Crippen LogP contribution in [0.5, 0.6) is 11.6 Å². The van der Waals surface area contributed by atoms with Crippen LogP contribution in [0.4, 0.5) is 0 Å². The van der Waals surface area contributed by atoms with E-state index in [9.17, 15) is 0 Å². The van der Waals surface area contributed by atoms with Crippen molar-refractivity contribution in [1.82, 2.24) is 20.1 Å². The highest BCUT2D eigenvalue weighted by Crippen LogP contribution is 2.24. The van der Waals surface area contributed by atoms with Gasteiger partial charge in [0.15, 0.2) is 0 Å². The second-order valence-corrected chi connectivity index (χ2v) is 4.87. The van der Waals surface area contributed by atoms with E-state index in [1.807, 2.05) is 32.3 Å². The second-order valence-electron chi connectivity index (χ2n) is 4.87. The highest BCUT2D eigenvalue weighted by molar-refractivity contribution is 5.34. The largest absolute Gasteiger partial charge is 0.439 e. The van der Waals surface area contributed by atoms with E-state index in [1.165, 1.54) is 0 Å². The van der Waals surface area contributed by atoms with Crippen molar-refractivity contribution in [3.05, 3.63) is 35.8 Å². The maximum absolute atomic E-state index is 5.91. The van der Waals surface area contributed by atoms with Gasteiger partial charge in [-0.05, 0) is 13.0 Å². The van der Waals surface area contributed by atoms with Crippen LogP contribution in [0, 0.1) is 6.92 Å². The van der Waals surface area contributed by atoms with Crippen LogP contribution in [0.15, 0.2) is 24.5 Å². The van der Waals surface area contributed by atoms with Crippen molar-refractivity contribution in [2.75, 3.05) is 0 Å². The van der Waals surface area contributed by atoms with Crippen LogP contribution < -0.4 is 10.1 Å². The van der Waals surface area contributed by atoms with Gasteiger partial charge in [-0.25, -0.2) is 4.68 Å². The summed E-state index contributed by atoms with van der Waals surface area (Å²) in [6.07, 6.45) is 3.56. The molecule has 2 aromatic heterocycles. The Morgan fingerprint density at radius 2 is 2.21 bits per heavy atom. The van der Waals surface area contributed by atoms with Gasteiger partial charge in [0.05, 0.1) is 5.69 Å². The molecule has 0 saturated heterocycles. The number of hydrogen-bond acceptors (Lipinski definition) is 4. The summed E-state index contributed by atoms with van der Waals surface area (Å²) in [6.45, 7) is 6.90.